The third-order valence-electron chi connectivity index (χ3n) is 4.71. The molecule has 0 spiro atoms. The highest BCUT2D eigenvalue weighted by molar-refractivity contribution is 5.79. The van der Waals surface area contributed by atoms with E-state index in [0.717, 1.165) is 29.5 Å². The van der Waals surface area contributed by atoms with Gasteiger partial charge in [-0.25, -0.2) is 9.18 Å². The Labute approximate surface area is 151 Å². The fourth-order valence-electron chi connectivity index (χ4n) is 2.87. The number of nitrogens with one attached hydrogen (secondary N) is 2. The van der Waals surface area contributed by atoms with Crippen LogP contribution in [0.1, 0.15) is 18.4 Å². The highest BCUT2D eigenvalue weighted by Gasteiger charge is 2.44. The maximum atomic E-state index is 13.0. The van der Waals surface area contributed by atoms with Gasteiger partial charge in [0.1, 0.15) is 5.82 Å². The van der Waals surface area contributed by atoms with Crippen molar-refractivity contribution in [3.05, 3.63) is 59.9 Å². The minimum atomic E-state index is -0.595. The smallest absolute Gasteiger partial charge is 0.407 e. The molecule has 0 atom stereocenters. The van der Waals surface area contributed by atoms with Gasteiger partial charge in [0, 0.05) is 19.0 Å². The lowest BCUT2D eigenvalue weighted by Crippen LogP contribution is -2.35. The van der Waals surface area contributed by atoms with Gasteiger partial charge in [0.25, 0.3) is 5.91 Å². The van der Waals surface area contributed by atoms with Crippen molar-refractivity contribution in [2.24, 2.45) is 0 Å². The van der Waals surface area contributed by atoms with Crippen LogP contribution in [-0.2, 0) is 14.9 Å². The third-order valence-corrected chi connectivity index (χ3v) is 4.71. The van der Waals surface area contributed by atoms with Crippen LogP contribution in [0.3, 0.4) is 0 Å². The molecule has 0 saturated heterocycles. The molecule has 1 aliphatic rings. The fourth-order valence-corrected chi connectivity index (χ4v) is 2.87. The van der Waals surface area contributed by atoms with Gasteiger partial charge in [-0.2, -0.15) is 0 Å². The van der Waals surface area contributed by atoms with Crippen LogP contribution in [0.15, 0.2) is 48.5 Å². The summed E-state index contributed by atoms with van der Waals surface area (Å²) in [5, 5.41) is 5.12. The molecule has 0 bridgehead atoms. The molecule has 5 nitrogen and oxygen atoms in total. The van der Waals surface area contributed by atoms with Crippen LogP contribution in [0.25, 0.3) is 11.1 Å². The van der Waals surface area contributed by atoms with E-state index in [4.69, 9.17) is 4.74 Å². The van der Waals surface area contributed by atoms with Crippen LogP contribution < -0.4 is 10.6 Å². The second-order valence-electron chi connectivity index (χ2n) is 6.47. The molecule has 0 radical (unpaired) electrons. The molecule has 2 amide bonds. The predicted molar refractivity (Wildman–Crippen MR) is 96.2 cm³/mol. The maximum absolute atomic E-state index is 13.0. The van der Waals surface area contributed by atoms with E-state index in [9.17, 15) is 14.0 Å². The first-order chi connectivity index (χ1) is 12.5. The lowest BCUT2D eigenvalue weighted by molar-refractivity contribution is -0.123. The molecule has 1 aliphatic carbocycles. The highest BCUT2D eigenvalue weighted by atomic mass is 19.1. The van der Waals surface area contributed by atoms with Crippen LogP contribution in [0, 0.1) is 5.82 Å². The Morgan fingerprint density at radius 2 is 1.62 bits per heavy atom. The van der Waals surface area contributed by atoms with Crippen molar-refractivity contribution in [1.29, 1.82) is 0 Å². The molecule has 2 aromatic carbocycles. The average Bonchev–Trinajstić information content (AvgIpc) is 3.46. The molecule has 3 rings (SSSR count). The molecule has 2 N–H and O–H groups in total. The molecule has 1 fully saturated rings. The Morgan fingerprint density at radius 1 is 1.04 bits per heavy atom. The molecule has 26 heavy (non-hydrogen) atoms. The summed E-state index contributed by atoms with van der Waals surface area (Å²) in [6.45, 7) is 0.178. The second kappa shape index (κ2) is 7.56. The molecular weight excluding hydrogens is 335 g/mol. The van der Waals surface area contributed by atoms with E-state index < -0.39 is 6.09 Å². The largest absolute Gasteiger partial charge is 0.439 e. The summed E-state index contributed by atoms with van der Waals surface area (Å²) in [5.74, 6) is -0.602. The molecule has 0 aliphatic heterocycles. The van der Waals surface area contributed by atoms with Gasteiger partial charge < -0.3 is 15.4 Å². The summed E-state index contributed by atoms with van der Waals surface area (Å²) in [6, 6.07) is 14.5. The number of ether oxygens (including phenoxy) is 1. The highest BCUT2D eigenvalue weighted by Crippen LogP contribution is 2.47. The maximum Gasteiger partial charge on any atom is 0.407 e. The number of hydrogen-bond donors (Lipinski definition) is 2. The molecule has 0 heterocycles. The molecule has 0 unspecified atom stereocenters. The zero-order valence-corrected chi connectivity index (χ0v) is 14.5. The monoisotopic (exact) mass is 356 g/mol. The van der Waals surface area contributed by atoms with E-state index in [1.54, 1.807) is 12.1 Å². The van der Waals surface area contributed by atoms with E-state index in [2.05, 4.69) is 10.6 Å². The van der Waals surface area contributed by atoms with Gasteiger partial charge >= 0.3 is 6.09 Å². The molecule has 2 aromatic rings. The van der Waals surface area contributed by atoms with E-state index in [0.29, 0.717) is 6.54 Å². The topological polar surface area (TPSA) is 67.4 Å². The first-order valence-corrected chi connectivity index (χ1v) is 8.50. The Hall–Kier alpha value is -2.89. The van der Waals surface area contributed by atoms with Gasteiger partial charge in [0.05, 0.1) is 0 Å². The number of halogens is 1. The number of carbonyl (C=O) groups excluding carboxylic acids is 2. The zero-order valence-electron chi connectivity index (χ0n) is 14.5. The first-order valence-electron chi connectivity index (χ1n) is 8.50. The van der Waals surface area contributed by atoms with Crippen LogP contribution in [0.4, 0.5) is 9.18 Å². The fraction of sp³-hybridized carbons (Fsp3) is 0.300. The van der Waals surface area contributed by atoms with Crippen molar-refractivity contribution < 1.29 is 18.7 Å². The molecular formula is C20H21FN2O3. The Kier molecular flexibility index (Phi) is 5.21. The minimum absolute atomic E-state index is 0.0760. The van der Waals surface area contributed by atoms with Crippen molar-refractivity contribution in [2.45, 2.75) is 18.3 Å². The summed E-state index contributed by atoms with van der Waals surface area (Å²) >= 11 is 0. The van der Waals surface area contributed by atoms with Crippen molar-refractivity contribution in [3.63, 3.8) is 0 Å². The van der Waals surface area contributed by atoms with Crippen molar-refractivity contribution in [3.8, 4) is 11.1 Å². The number of amides is 2. The molecule has 1 saturated carbocycles. The summed E-state index contributed by atoms with van der Waals surface area (Å²) in [7, 11) is 1.48. The number of rotatable bonds is 6. The summed E-state index contributed by atoms with van der Waals surface area (Å²) in [4.78, 5) is 22.8. The van der Waals surface area contributed by atoms with Gasteiger partial charge in [0.15, 0.2) is 6.61 Å². The van der Waals surface area contributed by atoms with Gasteiger partial charge in [-0.3, -0.25) is 4.79 Å². The number of alkyl carbamates (subject to hydrolysis) is 1. The first kappa shape index (κ1) is 17.9. The Bertz CT molecular complexity index is 784. The van der Waals surface area contributed by atoms with Crippen molar-refractivity contribution in [2.75, 3.05) is 20.2 Å². The number of benzene rings is 2. The predicted octanol–water partition coefficient (Wildman–Crippen LogP) is 3.00. The SMILES string of the molecule is CNC(=O)COC(=O)NCC1(c2ccc(-c3ccc(F)cc3)cc2)CC1. The van der Waals surface area contributed by atoms with Crippen molar-refractivity contribution >= 4 is 12.0 Å². The molecule has 6 heteroatoms. The quantitative estimate of drug-likeness (QED) is 0.836. The summed E-state index contributed by atoms with van der Waals surface area (Å²) in [5.41, 5.74) is 3.05. The summed E-state index contributed by atoms with van der Waals surface area (Å²) < 4.78 is 17.9. The van der Waals surface area contributed by atoms with E-state index in [-0.39, 0.29) is 23.7 Å². The standard InChI is InChI=1S/C20H21FN2O3/c1-22-18(24)12-26-19(25)23-13-20(10-11-20)16-6-2-14(3-7-16)15-4-8-17(21)9-5-15/h2-9H,10-13H2,1H3,(H,22,24)(H,23,25). The van der Waals surface area contributed by atoms with E-state index >= 15 is 0 Å². The molecule has 0 aromatic heterocycles. The molecule has 136 valence electrons. The van der Waals surface area contributed by atoms with Crippen LogP contribution in [0.5, 0.6) is 0 Å². The lowest BCUT2D eigenvalue weighted by atomic mass is 9.93. The minimum Gasteiger partial charge on any atom is -0.439 e. The van der Waals surface area contributed by atoms with Crippen molar-refractivity contribution in [1.82, 2.24) is 10.6 Å². The third kappa shape index (κ3) is 4.20. The lowest BCUT2D eigenvalue weighted by Gasteiger charge is -2.17. The van der Waals surface area contributed by atoms with Crippen LogP contribution >= 0.6 is 0 Å². The Balaban J connectivity index is 1.59. The van der Waals surface area contributed by atoms with Gasteiger partial charge in [-0.05, 0) is 41.7 Å². The van der Waals surface area contributed by atoms with Gasteiger partial charge in [-0.1, -0.05) is 36.4 Å². The average molecular weight is 356 g/mol. The normalized spacial score (nSPS) is 14.4. The number of carbonyl (C=O) groups is 2. The zero-order chi connectivity index (χ0) is 18.6. The number of likely N-dealkylation sites (N-methyl/N-ethyl adjacent to an activating group) is 1. The van der Waals surface area contributed by atoms with E-state index in [1.807, 2.05) is 24.3 Å². The second-order valence-corrected chi connectivity index (χ2v) is 6.47. The van der Waals surface area contributed by atoms with Crippen LogP contribution in [-0.4, -0.2) is 32.2 Å². The summed E-state index contributed by atoms with van der Waals surface area (Å²) in [6.07, 6.45) is 1.37. The van der Waals surface area contributed by atoms with E-state index in [1.165, 1.54) is 19.2 Å². The Morgan fingerprint density at radius 3 is 2.15 bits per heavy atom. The van der Waals surface area contributed by atoms with Crippen LogP contribution in [0.2, 0.25) is 0 Å². The number of hydrogen-bond acceptors (Lipinski definition) is 3. The van der Waals surface area contributed by atoms with Gasteiger partial charge in [-0.15, -0.1) is 0 Å². The van der Waals surface area contributed by atoms with Gasteiger partial charge in [0.2, 0.25) is 0 Å².